The Balaban J connectivity index is 1.71. The fourth-order valence-electron chi connectivity index (χ4n) is 2.32. The topological polar surface area (TPSA) is 64.6 Å². The molecule has 27 heavy (non-hydrogen) atoms. The van der Waals surface area contributed by atoms with Crippen molar-refractivity contribution in [3.05, 3.63) is 64.7 Å². The van der Waals surface area contributed by atoms with Gasteiger partial charge in [0.25, 0.3) is 5.91 Å². The lowest BCUT2D eigenvalue weighted by Gasteiger charge is -2.08. The Morgan fingerprint density at radius 1 is 1.04 bits per heavy atom. The van der Waals surface area contributed by atoms with Crippen LogP contribution in [0.25, 0.3) is 0 Å². The maximum Gasteiger partial charge on any atom is 0.387 e. The van der Waals surface area contributed by atoms with Crippen LogP contribution < -0.4 is 10.1 Å². The van der Waals surface area contributed by atoms with Gasteiger partial charge in [0.15, 0.2) is 6.61 Å². The highest BCUT2D eigenvalue weighted by Gasteiger charge is 2.11. The number of nitrogens with one attached hydrogen (secondary N) is 1. The van der Waals surface area contributed by atoms with Crippen LogP contribution in [0.5, 0.6) is 5.75 Å². The number of esters is 1. The van der Waals surface area contributed by atoms with Gasteiger partial charge in [-0.05, 0) is 61.2 Å². The number of rotatable bonds is 8. The molecule has 0 bridgehead atoms. The van der Waals surface area contributed by atoms with Crippen LogP contribution in [-0.2, 0) is 16.0 Å². The van der Waals surface area contributed by atoms with Gasteiger partial charge in [0.2, 0.25) is 0 Å². The third-order valence-electron chi connectivity index (χ3n) is 3.96. The molecule has 2 rings (SSSR count). The van der Waals surface area contributed by atoms with Gasteiger partial charge >= 0.3 is 12.6 Å². The first-order valence-corrected chi connectivity index (χ1v) is 8.40. The molecule has 1 N–H and O–H groups in total. The van der Waals surface area contributed by atoms with Crippen LogP contribution in [0.1, 0.15) is 27.0 Å². The average Bonchev–Trinajstić information content (AvgIpc) is 2.63. The Hall–Kier alpha value is -2.96. The fraction of sp³-hybridized carbons (Fsp3) is 0.300. The number of aryl methyl sites for hydroxylation is 2. The van der Waals surface area contributed by atoms with Crippen molar-refractivity contribution >= 4 is 11.9 Å². The third kappa shape index (κ3) is 6.69. The second kappa shape index (κ2) is 9.66. The summed E-state index contributed by atoms with van der Waals surface area (Å²) in [5.41, 5.74) is 3.29. The van der Waals surface area contributed by atoms with Crippen molar-refractivity contribution in [3.63, 3.8) is 0 Å². The monoisotopic (exact) mass is 377 g/mol. The Bertz CT molecular complexity index is 791. The standard InChI is InChI=1S/C20H21F2NO4/c1-13-3-6-16(11-14(13)2)19(25)26-12-18(24)23-10-9-15-4-7-17(8-5-15)27-20(21)22/h3-8,11,20H,9-10,12H2,1-2H3,(H,23,24). The zero-order valence-corrected chi connectivity index (χ0v) is 15.1. The van der Waals surface area contributed by atoms with Gasteiger partial charge in [-0.25, -0.2) is 4.79 Å². The smallest absolute Gasteiger partial charge is 0.387 e. The molecule has 2 aromatic rings. The number of carbonyl (C=O) groups excluding carboxylic acids is 2. The molecule has 0 unspecified atom stereocenters. The molecule has 0 atom stereocenters. The molecule has 0 spiro atoms. The van der Waals surface area contributed by atoms with Crippen LogP contribution in [0.15, 0.2) is 42.5 Å². The number of halogens is 2. The summed E-state index contributed by atoms with van der Waals surface area (Å²) in [4.78, 5) is 23.7. The predicted molar refractivity (Wildman–Crippen MR) is 96.0 cm³/mol. The quantitative estimate of drug-likeness (QED) is 0.716. The van der Waals surface area contributed by atoms with Gasteiger partial charge in [0.05, 0.1) is 5.56 Å². The van der Waals surface area contributed by atoms with Crippen molar-refractivity contribution in [2.24, 2.45) is 0 Å². The van der Waals surface area contributed by atoms with Crippen molar-refractivity contribution in [2.75, 3.05) is 13.2 Å². The lowest BCUT2D eigenvalue weighted by atomic mass is 10.1. The number of ether oxygens (including phenoxy) is 2. The van der Waals surface area contributed by atoms with E-state index >= 15 is 0 Å². The van der Waals surface area contributed by atoms with Gasteiger partial charge < -0.3 is 14.8 Å². The van der Waals surface area contributed by atoms with Gasteiger partial charge in [0, 0.05) is 6.54 Å². The van der Waals surface area contributed by atoms with Crippen LogP contribution in [0, 0.1) is 13.8 Å². The van der Waals surface area contributed by atoms with E-state index in [9.17, 15) is 18.4 Å². The molecule has 0 radical (unpaired) electrons. The van der Waals surface area contributed by atoms with Crippen molar-refractivity contribution in [1.82, 2.24) is 5.32 Å². The molecule has 5 nitrogen and oxygen atoms in total. The normalized spacial score (nSPS) is 10.6. The third-order valence-corrected chi connectivity index (χ3v) is 3.96. The zero-order chi connectivity index (χ0) is 19.8. The van der Waals surface area contributed by atoms with Gasteiger partial charge in [-0.3, -0.25) is 4.79 Å². The Morgan fingerprint density at radius 2 is 1.74 bits per heavy atom. The summed E-state index contributed by atoms with van der Waals surface area (Å²) in [6.45, 7) is 0.936. The SMILES string of the molecule is Cc1ccc(C(=O)OCC(=O)NCCc2ccc(OC(F)F)cc2)cc1C. The number of hydrogen-bond donors (Lipinski definition) is 1. The lowest BCUT2D eigenvalue weighted by Crippen LogP contribution is -2.30. The van der Waals surface area contributed by atoms with E-state index in [2.05, 4.69) is 10.1 Å². The van der Waals surface area contributed by atoms with E-state index < -0.39 is 18.5 Å². The van der Waals surface area contributed by atoms with Gasteiger partial charge in [-0.2, -0.15) is 8.78 Å². The van der Waals surface area contributed by atoms with Gasteiger partial charge in [0.1, 0.15) is 5.75 Å². The van der Waals surface area contributed by atoms with E-state index in [1.807, 2.05) is 19.9 Å². The number of carbonyl (C=O) groups is 2. The van der Waals surface area contributed by atoms with Gasteiger partial charge in [-0.15, -0.1) is 0 Å². The highest BCUT2D eigenvalue weighted by atomic mass is 19.3. The minimum atomic E-state index is -2.86. The highest BCUT2D eigenvalue weighted by Crippen LogP contribution is 2.15. The van der Waals surface area contributed by atoms with E-state index in [1.54, 1.807) is 24.3 Å². The zero-order valence-electron chi connectivity index (χ0n) is 15.1. The average molecular weight is 377 g/mol. The minimum Gasteiger partial charge on any atom is -0.452 e. The van der Waals surface area contributed by atoms with Crippen molar-refractivity contribution < 1.29 is 27.8 Å². The number of amides is 1. The lowest BCUT2D eigenvalue weighted by molar-refractivity contribution is -0.124. The maximum atomic E-state index is 12.1. The number of benzene rings is 2. The highest BCUT2D eigenvalue weighted by molar-refractivity contribution is 5.91. The van der Waals surface area contributed by atoms with E-state index in [4.69, 9.17) is 4.74 Å². The predicted octanol–water partition coefficient (Wildman–Crippen LogP) is 3.42. The van der Waals surface area contributed by atoms with Crippen molar-refractivity contribution in [2.45, 2.75) is 26.9 Å². The molecule has 0 aliphatic rings. The molecular weight excluding hydrogens is 356 g/mol. The molecule has 144 valence electrons. The molecule has 0 fully saturated rings. The number of hydrogen-bond acceptors (Lipinski definition) is 4. The van der Waals surface area contributed by atoms with Crippen LogP contribution in [0.4, 0.5) is 8.78 Å². The van der Waals surface area contributed by atoms with Crippen LogP contribution in [0.3, 0.4) is 0 Å². The Morgan fingerprint density at radius 3 is 2.37 bits per heavy atom. The van der Waals surface area contributed by atoms with Crippen LogP contribution >= 0.6 is 0 Å². The molecule has 0 saturated heterocycles. The Labute approximate surface area is 156 Å². The summed E-state index contributed by atoms with van der Waals surface area (Å²) in [5.74, 6) is -0.885. The van der Waals surface area contributed by atoms with E-state index in [0.29, 0.717) is 18.5 Å². The summed E-state index contributed by atoms with van der Waals surface area (Å²) >= 11 is 0. The molecular formula is C20H21F2NO4. The summed E-state index contributed by atoms with van der Waals surface area (Å²) < 4.78 is 33.4. The second-order valence-corrected chi connectivity index (χ2v) is 6.00. The molecule has 0 aromatic heterocycles. The largest absolute Gasteiger partial charge is 0.452 e. The molecule has 0 heterocycles. The molecule has 2 aromatic carbocycles. The minimum absolute atomic E-state index is 0.0797. The summed E-state index contributed by atoms with van der Waals surface area (Å²) in [6, 6.07) is 11.4. The summed E-state index contributed by atoms with van der Waals surface area (Å²) in [5, 5.41) is 2.64. The fourth-order valence-corrected chi connectivity index (χ4v) is 2.32. The first kappa shape index (κ1) is 20.4. The van der Waals surface area contributed by atoms with Crippen molar-refractivity contribution in [3.8, 4) is 5.75 Å². The van der Waals surface area contributed by atoms with E-state index in [0.717, 1.165) is 16.7 Å². The van der Waals surface area contributed by atoms with E-state index in [1.165, 1.54) is 12.1 Å². The Kier molecular flexibility index (Phi) is 7.28. The molecule has 1 amide bonds. The van der Waals surface area contributed by atoms with Crippen LogP contribution in [0.2, 0.25) is 0 Å². The molecule has 0 aliphatic heterocycles. The number of alkyl halides is 2. The summed E-state index contributed by atoms with van der Waals surface area (Å²) in [6.07, 6.45) is 0.506. The molecule has 0 aliphatic carbocycles. The van der Waals surface area contributed by atoms with E-state index in [-0.39, 0.29) is 12.4 Å². The summed E-state index contributed by atoms with van der Waals surface area (Å²) in [7, 11) is 0. The van der Waals surface area contributed by atoms with Crippen LogP contribution in [-0.4, -0.2) is 31.6 Å². The maximum absolute atomic E-state index is 12.1. The van der Waals surface area contributed by atoms with Crippen molar-refractivity contribution in [1.29, 1.82) is 0 Å². The first-order valence-electron chi connectivity index (χ1n) is 8.40. The molecule has 7 heteroatoms. The van der Waals surface area contributed by atoms with Gasteiger partial charge in [-0.1, -0.05) is 18.2 Å². The first-order chi connectivity index (χ1) is 12.8. The molecule has 0 saturated carbocycles. The second-order valence-electron chi connectivity index (χ2n) is 6.00.